The highest BCUT2D eigenvalue weighted by molar-refractivity contribution is 7.80. The molecule has 2 rings (SSSR count). The van der Waals surface area contributed by atoms with E-state index in [1.165, 1.54) is 0 Å². The summed E-state index contributed by atoms with van der Waals surface area (Å²) in [6.45, 7) is 2.65. The molecule has 0 saturated carbocycles. The van der Waals surface area contributed by atoms with Gasteiger partial charge in [0.2, 0.25) is 0 Å². The number of carboxylic acid groups (broad SMARTS) is 1. The van der Waals surface area contributed by atoms with Crippen LogP contribution in [0.5, 0.6) is 5.75 Å². The standard InChI is InChI=1S/C19H20N2O4S/c1-2-11-25-16-9-5-14(6-10-16)18(24)21-19(26)20-15-7-3-13(4-8-15)12-17(22)23/h3-10H,2,11-12H2,1H3,(H,22,23)(H2,20,21,24,26). The van der Waals surface area contributed by atoms with E-state index in [0.717, 1.165) is 6.42 Å². The first-order valence-electron chi connectivity index (χ1n) is 8.14. The molecule has 0 aliphatic heterocycles. The molecule has 3 N–H and O–H groups in total. The third-order valence-corrected chi connectivity index (χ3v) is 3.59. The van der Waals surface area contributed by atoms with Gasteiger partial charge in [0.1, 0.15) is 5.75 Å². The summed E-state index contributed by atoms with van der Waals surface area (Å²) in [4.78, 5) is 22.9. The highest BCUT2D eigenvalue weighted by Gasteiger charge is 2.08. The fourth-order valence-corrected chi connectivity index (χ4v) is 2.35. The maximum absolute atomic E-state index is 12.2. The summed E-state index contributed by atoms with van der Waals surface area (Å²) in [5, 5.41) is 14.4. The number of aliphatic carboxylic acids is 1. The number of anilines is 1. The molecule has 0 saturated heterocycles. The minimum absolute atomic E-state index is 0.0422. The Morgan fingerprint density at radius 1 is 1.08 bits per heavy atom. The van der Waals surface area contributed by atoms with Crippen molar-refractivity contribution in [3.8, 4) is 5.75 Å². The number of rotatable bonds is 7. The SMILES string of the molecule is CCCOc1ccc(C(=O)NC(=S)Nc2ccc(CC(=O)O)cc2)cc1. The minimum Gasteiger partial charge on any atom is -0.494 e. The second kappa shape index (κ2) is 9.53. The molecule has 6 nitrogen and oxygen atoms in total. The van der Waals surface area contributed by atoms with Gasteiger partial charge in [-0.1, -0.05) is 19.1 Å². The summed E-state index contributed by atoms with van der Waals surface area (Å²) in [6.07, 6.45) is 0.874. The van der Waals surface area contributed by atoms with E-state index in [2.05, 4.69) is 10.6 Å². The van der Waals surface area contributed by atoms with Crippen molar-refractivity contribution in [3.63, 3.8) is 0 Å². The molecular weight excluding hydrogens is 352 g/mol. The first kappa shape index (κ1) is 19.4. The van der Waals surface area contributed by atoms with Gasteiger partial charge < -0.3 is 15.2 Å². The van der Waals surface area contributed by atoms with Gasteiger partial charge in [0, 0.05) is 11.3 Å². The molecule has 7 heteroatoms. The van der Waals surface area contributed by atoms with Crippen LogP contribution in [0.3, 0.4) is 0 Å². The van der Waals surface area contributed by atoms with Gasteiger partial charge in [0.25, 0.3) is 5.91 Å². The molecule has 0 unspecified atom stereocenters. The Bertz CT molecular complexity index is 773. The fraction of sp³-hybridized carbons (Fsp3) is 0.211. The first-order valence-corrected chi connectivity index (χ1v) is 8.54. The van der Waals surface area contributed by atoms with Gasteiger partial charge in [-0.25, -0.2) is 0 Å². The molecule has 0 heterocycles. The number of hydrogen-bond acceptors (Lipinski definition) is 4. The molecule has 0 aliphatic rings. The molecule has 26 heavy (non-hydrogen) atoms. The van der Waals surface area contributed by atoms with Crippen LogP contribution in [-0.2, 0) is 11.2 Å². The number of carboxylic acids is 1. The van der Waals surface area contributed by atoms with Crippen molar-refractivity contribution in [2.45, 2.75) is 19.8 Å². The van der Waals surface area contributed by atoms with Crippen LogP contribution in [0, 0.1) is 0 Å². The molecule has 2 aromatic rings. The van der Waals surface area contributed by atoms with E-state index < -0.39 is 5.97 Å². The van der Waals surface area contributed by atoms with Crippen molar-refractivity contribution in [3.05, 3.63) is 59.7 Å². The average Bonchev–Trinajstić information content (AvgIpc) is 2.61. The van der Waals surface area contributed by atoms with Gasteiger partial charge in [-0.2, -0.15) is 0 Å². The third-order valence-electron chi connectivity index (χ3n) is 3.38. The number of amides is 1. The topological polar surface area (TPSA) is 87.7 Å². The molecule has 2 aromatic carbocycles. The largest absolute Gasteiger partial charge is 0.494 e. The van der Waals surface area contributed by atoms with Gasteiger partial charge in [-0.3, -0.25) is 14.9 Å². The van der Waals surface area contributed by atoms with Crippen LogP contribution in [0.4, 0.5) is 5.69 Å². The van der Waals surface area contributed by atoms with Gasteiger partial charge in [0.15, 0.2) is 5.11 Å². The molecule has 0 radical (unpaired) electrons. The first-order chi connectivity index (χ1) is 12.5. The van der Waals surface area contributed by atoms with E-state index in [1.54, 1.807) is 48.5 Å². The highest BCUT2D eigenvalue weighted by Crippen LogP contribution is 2.13. The highest BCUT2D eigenvalue weighted by atomic mass is 32.1. The lowest BCUT2D eigenvalue weighted by molar-refractivity contribution is -0.136. The van der Waals surface area contributed by atoms with Gasteiger partial charge >= 0.3 is 5.97 Å². The predicted octanol–water partition coefficient (Wildman–Crippen LogP) is 3.23. The number of ether oxygens (including phenoxy) is 1. The monoisotopic (exact) mass is 372 g/mol. The number of benzene rings is 2. The predicted molar refractivity (Wildman–Crippen MR) is 104 cm³/mol. The smallest absolute Gasteiger partial charge is 0.307 e. The second-order valence-corrected chi connectivity index (χ2v) is 5.96. The Kier molecular flexibility index (Phi) is 7.11. The zero-order chi connectivity index (χ0) is 18.9. The number of nitrogens with one attached hydrogen (secondary N) is 2. The zero-order valence-electron chi connectivity index (χ0n) is 14.3. The van der Waals surface area contributed by atoms with Crippen LogP contribution in [-0.4, -0.2) is 28.7 Å². The maximum Gasteiger partial charge on any atom is 0.307 e. The second-order valence-electron chi connectivity index (χ2n) is 5.55. The lowest BCUT2D eigenvalue weighted by atomic mass is 10.1. The molecule has 0 aromatic heterocycles. The Hall–Kier alpha value is -2.93. The van der Waals surface area contributed by atoms with Crippen molar-refractivity contribution < 1.29 is 19.4 Å². The number of carbonyl (C=O) groups is 2. The van der Waals surface area contributed by atoms with Crippen LogP contribution in [0.1, 0.15) is 29.3 Å². The van der Waals surface area contributed by atoms with E-state index in [9.17, 15) is 9.59 Å². The molecule has 0 fully saturated rings. The van der Waals surface area contributed by atoms with Crippen molar-refractivity contribution in [2.75, 3.05) is 11.9 Å². The Balaban J connectivity index is 1.88. The van der Waals surface area contributed by atoms with Crippen molar-refractivity contribution >= 4 is 34.9 Å². The van der Waals surface area contributed by atoms with Crippen LogP contribution in [0.2, 0.25) is 0 Å². The molecular formula is C19H20N2O4S. The Morgan fingerprint density at radius 2 is 1.73 bits per heavy atom. The maximum atomic E-state index is 12.2. The van der Waals surface area contributed by atoms with Gasteiger partial charge in [-0.05, 0) is 60.6 Å². The van der Waals surface area contributed by atoms with Crippen molar-refractivity contribution in [1.82, 2.24) is 5.32 Å². The van der Waals surface area contributed by atoms with Gasteiger partial charge in [0.05, 0.1) is 13.0 Å². The summed E-state index contributed by atoms with van der Waals surface area (Å²) >= 11 is 5.14. The molecule has 0 spiro atoms. The lowest BCUT2D eigenvalue weighted by Crippen LogP contribution is -2.34. The van der Waals surface area contributed by atoms with Crippen molar-refractivity contribution in [2.24, 2.45) is 0 Å². The van der Waals surface area contributed by atoms with Crippen molar-refractivity contribution in [1.29, 1.82) is 0 Å². The fourth-order valence-electron chi connectivity index (χ4n) is 2.14. The zero-order valence-corrected chi connectivity index (χ0v) is 15.1. The summed E-state index contributed by atoms with van der Waals surface area (Å²) in [7, 11) is 0. The minimum atomic E-state index is -0.889. The molecule has 0 atom stereocenters. The quantitative estimate of drug-likeness (QED) is 0.647. The molecule has 1 amide bonds. The van der Waals surface area contributed by atoms with Crippen LogP contribution >= 0.6 is 12.2 Å². The van der Waals surface area contributed by atoms with Gasteiger partial charge in [-0.15, -0.1) is 0 Å². The number of carbonyl (C=O) groups excluding carboxylic acids is 1. The third kappa shape index (κ3) is 6.18. The average molecular weight is 372 g/mol. The van der Waals surface area contributed by atoms with E-state index in [4.69, 9.17) is 22.1 Å². The summed E-state index contributed by atoms with van der Waals surface area (Å²) in [5.74, 6) is -0.503. The Morgan fingerprint density at radius 3 is 2.31 bits per heavy atom. The summed E-state index contributed by atoms with van der Waals surface area (Å²) in [6, 6.07) is 13.6. The van der Waals surface area contributed by atoms with Crippen LogP contribution in [0.25, 0.3) is 0 Å². The van der Waals surface area contributed by atoms with E-state index in [-0.39, 0.29) is 17.4 Å². The summed E-state index contributed by atoms with van der Waals surface area (Å²) in [5.41, 5.74) is 1.81. The Labute approximate surface area is 157 Å². The summed E-state index contributed by atoms with van der Waals surface area (Å²) < 4.78 is 5.48. The molecule has 136 valence electrons. The molecule has 0 bridgehead atoms. The van der Waals surface area contributed by atoms with E-state index >= 15 is 0 Å². The van der Waals surface area contributed by atoms with E-state index in [1.807, 2.05) is 6.92 Å². The van der Waals surface area contributed by atoms with Crippen LogP contribution in [0.15, 0.2) is 48.5 Å². The van der Waals surface area contributed by atoms with Crippen LogP contribution < -0.4 is 15.4 Å². The lowest BCUT2D eigenvalue weighted by Gasteiger charge is -2.10. The number of hydrogen-bond donors (Lipinski definition) is 3. The number of thiocarbonyl (C=S) groups is 1. The molecule has 0 aliphatic carbocycles. The van der Waals surface area contributed by atoms with E-state index in [0.29, 0.717) is 29.2 Å². The normalized spacial score (nSPS) is 10.0.